The summed E-state index contributed by atoms with van der Waals surface area (Å²) in [4.78, 5) is 0. The minimum absolute atomic E-state index is 0.679. The van der Waals surface area contributed by atoms with Crippen molar-refractivity contribution in [2.24, 2.45) is 0 Å². The highest BCUT2D eigenvalue weighted by Gasteiger charge is 1.93. The summed E-state index contributed by atoms with van der Waals surface area (Å²) in [5, 5.41) is 0. The maximum absolute atomic E-state index is 10.5. The molecule has 10 heavy (non-hydrogen) atoms. The molecule has 0 fully saturated rings. The molecular weight excluding hydrogens is 168 g/mol. The van der Waals surface area contributed by atoms with Gasteiger partial charge in [0, 0.05) is 45.6 Å². The second-order valence-electron chi connectivity index (χ2n) is 2.26. The first-order chi connectivity index (χ1) is 4.63. The van der Waals surface area contributed by atoms with E-state index in [1.807, 2.05) is 0 Å². The quantitative estimate of drug-likeness (QED) is 0.581. The molecule has 4 heteroatoms. The standard InChI is InChI=1S/C6H14O2S2/c1-9(7)5-3-4-6-10(2)8/h3-6H2,1-2H3. The molecule has 0 aromatic rings. The van der Waals surface area contributed by atoms with Crippen molar-refractivity contribution in [3.05, 3.63) is 0 Å². The molecule has 0 aromatic carbocycles. The number of hydrogen-bond donors (Lipinski definition) is 0. The van der Waals surface area contributed by atoms with Crippen LogP contribution in [-0.2, 0) is 21.6 Å². The van der Waals surface area contributed by atoms with Crippen LogP contribution in [0.2, 0.25) is 0 Å². The van der Waals surface area contributed by atoms with Crippen molar-refractivity contribution in [3.63, 3.8) is 0 Å². The Morgan fingerprint density at radius 2 is 1.20 bits per heavy atom. The van der Waals surface area contributed by atoms with Crippen LogP contribution >= 0.6 is 0 Å². The Kier molecular flexibility index (Phi) is 6.22. The molecule has 0 saturated heterocycles. The van der Waals surface area contributed by atoms with Gasteiger partial charge in [-0.15, -0.1) is 0 Å². The number of rotatable bonds is 5. The van der Waals surface area contributed by atoms with Gasteiger partial charge in [-0.3, -0.25) is 8.42 Å². The molecule has 0 bridgehead atoms. The van der Waals surface area contributed by atoms with Gasteiger partial charge in [-0.25, -0.2) is 0 Å². The lowest BCUT2D eigenvalue weighted by molar-refractivity contribution is 0.678. The van der Waals surface area contributed by atoms with E-state index in [4.69, 9.17) is 0 Å². The second-order valence-corrected chi connectivity index (χ2v) is 5.37. The van der Waals surface area contributed by atoms with Gasteiger partial charge in [-0.1, -0.05) is 0 Å². The van der Waals surface area contributed by atoms with Gasteiger partial charge in [-0.2, -0.15) is 0 Å². The molecule has 62 valence electrons. The molecule has 0 saturated carbocycles. The third-order valence-electron chi connectivity index (χ3n) is 1.11. The Labute approximate surface area is 67.3 Å². The molecule has 0 aliphatic carbocycles. The molecule has 2 nitrogen and oxygen atoms in total. The maximum atomic E-state index is 10.5. The van der Waals surface area contributed by atoms with Crippen LogP contribution in [0.3, 0.4) is 0 Å². The van der Waals surface area contributed by atoms with Crippen LogP contribution in [0.4, 0.5) is 0 Å². The first-order valence-corrected chi connectivity index (χ1v) is 6.68. The van der Waals surface area contributed by atoms with E-state index in [9.17, 15) is 8.42 Å². The summed E-state index contributed by atoms with van der Waals surface area (Å²) >= 11 is 0. The monoisotopic (exact) mass is 182 g/mol. The summed E-state index contributed by atoms with van der Waals surface area (Å²) < 4.78 is 21.0. The van der Waals surface area contributed by atoms with Crippen LogP contribution in [0.5, 0.6) is 0 Å². The molecule has 0 heterocycles. The molecule has 0 aliphatic rings. The van der Waals surface area contributed by atoms with E-state index < -0.39 is 21.6 Å². The summed E-state index contributed by atoms with van der Waals surface area (Å²) in [6.07, 6.45) is 5.26. The molecule has 0 aromatic heterocycles. The fraction of sp³-hybridized carbons (Fsp3) is 1.00. The predicted molar refractivity (Wildman–Crippen MR) is 47.1 cm³/mol. The van der Waals surface area contributed by atoms with Crippen LogP contribution in [0.25, 0.3) is 0 Å². The first kappa shape index (κ1) is 10.3. The highest BCUT2D eigenvalue weighted by Crippen LogP contribution is 1.92. The Morgan fingerprint density at radius 3 is 1.40 bits per heavy atom. The van der Waals surface area contributed by atoms with Crippen molar-refractivity contribution >= 4 is 21.6 Å². The van der Waals surface area contributed by atoms with Crippen LogP contribution in [0, 0.1) is 0 Å². The smallest absolute Gasteiger partial charge is 0.0232 e. The van der Waals surface area contributed by atoms with Gasteiger partial charge in [-0.05, 0) is 12.8 Å². The van der Waals surface area contributed by atoms with Crippen molar-refractivity contribution in [3.8, 4) is 0 Å². The highest BCUT2D eigenvalue weighted by molar-refractivity contribution is 7.84. The van der Waals surface area contributed by atoms with Crippen LogP contribution < -0.4 is 0 Å². The predicted octanol–water partition coefficient (Wildman–Crippen LogP) is 0.524. The van der Waals surface area contributed by atoms with Crippen LogP contribution in [-0.4, -0.2) is 32.4 Å². The van der Waals surface area contributed by atoms with E-state index in [0.717, 1.165) is 24.3 Å². The number of hydrogen-bond acceptors (Lipinski definition) is 2. The van der Waals surface area contributed by atoms with Gasteiger partial charge < -0.3 is 0 Å². The molecule has 0 N–H and O–H groups in total. The molecule has 2 atom stereocenters. The average Bonchev–Trinajstić information content (AvgIpc) is 1.79. The van der Waals surface area contributed by atoms with Gasteiger partial charge in [0.25, 0.3) is 0 Å². The lowest BCUT2D eigenvalue weighted by Crippen LogP contribution is -1.98. The first-order valence-electron chi connectivity index (χ1n) is 3.23. The van der Waals surface area contributed by atoms with Crippen molar-refractivity contribution in [1.82, 2.24) is 0 Å². The number of unbranched alkanes of at least 4 members (excludes halogenated alkanes) is 1. The Morgan fingerprint density at radius 1 is 0.900 bits per heavy atom. The fourth-order valence-electron chi connectivity index (χ4n) is 0.611. The molecule has 2 unspecified atom stereocenters. The summed E-state index contributed by atoms with van der Waals surface area (Å²) in [5.74, 6) is 1.49. The lowest BCUT2D eigenvalue weighted by Gasteiger charge is -1.95. The van der Waals surface area contributed by atoms with E-state index >= 15 is 0 Å². The topological polar surface area (TPSA) is 34.1 Å². The van der Waals surface area contributed by atoms with E-state index in [-0.39, 0.29) is 0 Å². The summed E-state index contributed by atoms with van der Waals surface area (Å²) in [6, 6.07) is 0. The zero-order valence-electron chi connectivity index (χ0n) is 6.46. The Hall–Kier alpha value is 0.300. The SMILES string of the molecule is CS(=O)CCCCS(C)=O. The third kappa shape index (κ3) is 8.30. The van der Waals surface area contributed by atoms with E-state index in [2.05, 4.69) is 0 Å². The minimum Gasteiger partial charge on any atom is -0.260 e. The molecule has 0 aliphatic heterocycles. The molecule has 0 spiro atoms. The van der Waals surface area contributed by atoms with Gasteiger partial charge in [0.05, 0.1) is 0 Å². The van der Waals surface area contributed by atoms with Gasteiger partial charge in [0.15, 0.2) is 0 Å². The van der Waals surface area contributed by atoms with Crippen molar-refractivity contribution < 1.29 is 8.42 Å². The highest BCUT2D eigenvalue weighted by atomic mass is 32.2. The van der Waals surface area contributed by atoms with Crippen molar-refractivity contribution in [1.29, 1.82) is 0 Å². The summed E-state index contributed by atoms with van der Waals surface area (Å²) in [7, 11) is -1.36. The maximum Gasteiger partial charge on any atom is 0.0232 e. The molecule has 0 radical (unpaired) electrons. The normalized spacial score (nSPS) is 16.6. The third-order valence-corrected chi connectivity index (χ3v) is 2.84. The zero-order valence-corrected chi connectivity index (χ0v) is 8.09. The molecule has 0 amide bonds. The van der Waals surface area contributed by atoms with Crippen molar-refractivity contribution in [2.45, 2.75) is 12.8 Å². The summed E-state index contributed by atoms with van der Waals surface area (Å²) in [5.41, 5.74) is 0. The zero-order chi connectivity index (χ0) is 7.98. The van der Waals surface area contributed by atoms with Gasteiger partial charge in [0.2, 0.25) is 0 Å². The van der Waals surface area contributed by atoms with Gasteiger partial charge >= 0.3 is 0 Å². The second kappa shape index (κ2) is 6.04. The average molecular weight is 182 g/mol. The summed E-state index contributed by atoms with van der Waals surface area (Å²) in [6.45, 7) is 0. The van der Waals surface area contributed by atoms with Gasteiger partial charge in [0.1, 0.15) is 0 Å². The van der Waals surface area contributed by atoms with E-state index in [1.165, 1.54) is 0 Å². The minimum atomic E-state index is -0.679. The lowest BCUT2D eigenvalue weighted by atomic mass is 10.4. The van der Waals surface area contributed by atoms with E-state index in [1.54, 1.807) is 12.5 Å². The molecular formula is C6H14O2S2. The van der Waals surface area contributed by atoms with Crippen LogP contribution in [0.15, 0.2) is 0 Å². The van der Waals surface area contributed by atoms with Crippen molar-refractivity contribution in [2.75, 3.05) is 24.0 Å². The Bertz CT molecular complexity index is 118. The molecule has 0 rings (SSSR count). The largest absolute Gasteiger partial charge is 0.260 e. The Balaban J connectivity index is 3.06. The van der Waals surface area contributed by atoms with E-state index in [0.29, 0.717) is 0 Å². The fourth-order valence-corrected chi connectivity index (χ4v) is 1.83. The van der Waals surface area contributed by atoms with Crippen LogP contribution in [0.1, 0.15) is 12.8 Å².